The van der Waals surface area contributed by atoms with Crippen molar-refractivity contribution in [2.24, 2.45) is 0 Å². The number of carbonyl (C=O) groups excluding carboxylic acids is 1. The van der Waals surface area contributed by atoms with Gasteiger partial charge >= 0.3 is 0 Å². The molecule has 1 heterocycles. The maximum Gasteiger partial charge on any atom is 0.292 e. The van der Waals surface area contributed by atoms with E-state index in [0.717, 1.165) is 0 Å². The second kappa shape index (κ2) is 7.73. The summed E-state index contributed by atoms with van der Waals surface area (Å²) in [5, 5.41) is 13.9. The van der Waals surface area contributed by atoms with Crippen molar-refractivity contribution >= 4 is 17.3 Å². The van der Waals surface area contributed by atoms with Crippen LogP contribution in [0, 0.1) is 10.1 Å². The quantitative estimate of drug-likeness (QED) is 0.487. The Bertz CT molecular complexity index is 582. The Hall–Kier alpha value is -2.41. The van der Waals surface area contributed by atoms with Crippen LogP contribution < -0.4 is 10.2 Å². The number of nitrogens with one attached hydrogen (secondary N) is 1. The van der Waals surface area contributed by atoms with Gasteiger partial charge in [0.2, 0.25) is 5.91 Å². The van der Waals surface area contributed by atoms with Crippen molar-refractivity contribution in [2.75, 3.05) is 37.6 Å². The largest absolute Gasteiger partial charge is 0.363 e. The maximum atomic E-state index is 12.0. The molecule has 2 rings (SSSR count). The van der Waals surface area contributed by atoms with Crippen LogP contribution in [0.15, 0.2) is 36.9 Å². The summed E-state index contributed by atoms with van der Waals surface area (Å²) in [4.78, 5) is 26.9. The summed E-state index contributed by atoms with van der Waals surface area (Å²) in [5.41, 5.74) is 0.763. The molecule has 124 valence electrons. The molecule has 0 radical (unpaired) electrons. The number of amides is 1. The first-order valence-corrected chi connectivity index (χ1v) is 7.65. The Morgan fingerprint density at radius 1 is 1.39 bits per heavy atom. The summed E-state index contributed by atoms with van der Waals surface area (Å²) in [6, 6.07) is 6.55. The van der Waals surface area contributed by atoms with Gasteiger partial charge in [0.05, 0.1) is 11.0 Å². The predicted molar refractivity (Wildman–Crippen MR) is 89.6 cm³/mol. The van der Waals surface area contributed by atoms with Crippen molar-refractivity contribution < 1.29 is 9.72 Å². The van der Waals surface area contributed by atoms with Crippen molar-refractivity contribution in [2.45, 2.75) is 13.0 Å². The SMILES string of the molecule is C=CCNC(=O)[C@@H](C)N1CCN(c2ccccc2[N+](=O)[O-])CC1. The van der Waals surface area contributed by atoms with Gasteiger partial charge in [0.25, 0.3) is 5.69 Å². The second-order valence-electron chi connectivity index (χ2n) is 5.48. The molecule has 0 unspecified atom stereocenters. The van der Waals surface area contributed by atoms with Crippen molar-refractivity contribution in [3.05, 3.63) is 47.0 Å². The second-order valence-corrected chi connectivity index (χ2v) is 5.48. The first-order valence-electron chi connectivity index (χ1n) is 7.65. The molecule has 0 spiro atoms. The number of hydrogen-bond donors (Lipinski definition) is 1. The minimum absolute atomic E-state index is 0.0240. The molecule has 7 heteroatoms. The topological polar surface area (TPSA) is 78.7 Å². The number of nitro groups is 1. The molecule has 1 aliphatic heterocycles. The molecule has 1 saturated heterocycles. The van der Waals surface area contributed by atoms with Crippen molar-refractivity contribution in [3.63, 3.8) is 0 Å². The van der Waals surface area contributed by atoms with Gasteiger partial charge in [-0.25, -0.2) is 0 Å². The van der Waals surface area contributed by atoms with Crippen LogP contribution >= 0.6 is 0 Å². The van der Waals surface area contributed by atoms with Crippen LogP contribution in [0.3, 0.4) is 0 Å². The molecule has 0 saturated carbocycles. The number of piperazine rings is 1. The van der Waals surface area contributed by atoms with Gasteiger partial charge in [0, 0.05) is 38.8 Å². The molecule has 0 aliphatic carbocycles. The average molecular weight is 318 g/mol. The molecule has 1 aliphatic rings. The van der Waals surface area contributed by atoms with Crippen LogP contribution in [-0.4, -0.2) is 54.5 Å². The molecule has 1 aromatic rings. The van der Waals surface area contributed by atoms with E-state index in [9.17, 15) is 14.9 Å². The predicted octanol–water partition coefficient (Wildman–Crippen LogP) is 1.41. The lowest BCUT2D eigenvalue weighted by atomic mass is 10.2. The van der Waals surface area contributed by atoms with Gasteiger partial charge in [-0.15, -0.1) is 6.58 Å². The zero-order chi connectivity index (χ0) is 16.8. The van der Waals surface area contributed by atoms with Crippen molar-refractivity contribution in [3.8, 4) is 0 Å². The number of hydrogen-bond acceptors (Lipinski definition) is 5. The van der Waals surface area contributed by atoms with E-state index in [1.807, 2.05) is 11.8 Å². The van der Waals surface area contributed by atoms with Gasteiger partial charge in [0.15, 0.2) is 0 Å². The van der Waals surface area contributed by atoms with E-state index >= 15 is 0 Å². The normalized spacial score (nSPS) is 16.7. The monoisotopic (exact) mass is 318 g/mol. The van der Waals surface area contributed by atoms with E-state index in [1.165, 1.54) is 6.07 Å². The molecule has 1 fully saturated rings. The van der Waals surface area contributed by atoms with Crippen LogP contribution in [0.4, 0.5) is 11.4 Å². The van der Waals surface area contributed by atoms with Crippen LogP contribution in [0.5, 0.6) is 0 Å². The maximum absolute atomic E-state index is 12.0. The van der Waals surface area contributed by atoms with Crippen LogP contribution in [0.25, 0.3) is 0 Å². The number of nitrogens with zero attached hydrogens (tertiary/aromatic N) is 3. The highest BCUT2D eigenvalue weighted by atomic mass is 16.6. The van der Waals surface area contributed by atoms with Gasteiger partial charge in [-0.2, -0.15) is 0 Å². The summed E-state index contributed by atoms with van der Waals surface area (Å²) >= 11 is 0. The first-order chi connectivity index (χ1) is 11.0. The zero-order valence-corrected chi connectivity index (χ0v) is 13.3. The van der Waals surface area contributed by atoms with Crippen LogP contribution in [0.2, 0.25) is 0 Å². The Kier molecular flexibility index (Phi) is 5.70. The smallest absolute Gasteiger partial charge is 0.292 e. The van der Waals surface area contributed by atoms with Gasteiger partial charge in [0.1, 0.15) is 5.69 Å². The summed E-state index contributed by atoms with van der Waals surface area (Å²) < 4.78 is 0. The van der Waals surface area contributed by atoms with Gasteiger partial charge in [-0.1, -0.05) is 18.2 Å². The third-order valence-electron chi connectivity index (χ3n) is 4.08. The number of anilines is 1. The third-order valence-corrected chi connectivity index (χ3v) is 4.08. The Balaban J connectivity index is 1.97. The van der Waals surface area contributed by atoms with E-state index < -0.39 is 0 Å². The van der Waals surface area contributed by atoms with Crippen molar-refractivity contribution in [1.82, 2.24) is 10.2 Å². The van der Waals surface area contributed by atoms with E-state index in [-0.39, 0.29) is 22.6 Å². The molecule has 1 amide bonds. The number of rotatable bonds is 6. The van der Waals surface area contributed by atoms with E-state index in [4.69, 9.17) is 0 Å². The fraction of sp³-hybridized carbons (Fsp3) is 0.438. The number of benzene rings is 1. The molecule has 0 bridgehead atoms. The third kappa shape index (κ3) is 4.07. The van der Waals surface area contributed by atoms with Crippen LogP contribution in [0.1, 0.15) is 6.92 Å². The highest BCUT2D eigenvalue weighted by molar-refractivity contribution is 5.81. The minimum Gasteiger partial charge on any atom is -0.363 e. The lowest BCUT2D eigenvalue weighted by Crippen LogP contribution is -2.54. The van der Waals surface area contributed by atoms with Gasteiger partial charge in [-0.05, 0) is 13.0 Å². The van der Waals surface area contributed by atoms with E-state index in [1.54, 1.807) is 24.3 Å². The molecular weight excluding hydrogens is 296 g/mol. The summed E-state index contributed by atoms with van der Waals surface area (Å²) in [5.74, 6) is -0.0240. The molecule has 7 nitrogen and oxygen atoms in total. The van der Waals surface area contributed by atoms with E-state index in [2.05, 4.69) is 16.8 Å². The molecular formula is C16H22N4O3. The van der Waals surface area contributed by atoms with Gasteiger partial charge < -0.3 is 10.2 Å². The standard InChI is InChI=1S/C16H22N4O3/c1-3-8-17-16(21)13(2)18-9-11-19(12-10-18)14-6-4-5-7-15(14)20(22)23/h3-7,13H,1,8-12H2,2H3,(H,17,21)/t13-/m1/s1. The lowest BCUT2D eigenvalue weighted by molar-refractivity contribution is -0.384. The average Bonchev–Trinajstić information content (AvgIpc) is 2.59. The summed E-state index contributed by atoms with van der Waals surface area (Å²) in [7, 11) is 0. The first kappa shape index (κ1) is 17.0. The van der Waals surface area contributed by atoms with Crippen molar-refractivity contribution in [1.29, 1.82) is 0 Å². The number of carbonyl (C=O) groups is 1. The minimum atomic E-state index is -0.354. The Morgan fingerprint density at radius 3 is 2.65 bits per heavy atom. The fourth-order valence-corrected chi connectivity index (χ4v) is 2.72. The molecule has 23 heavy (non-hydrogen) atoms. The number of nitro benzene ring substituents is 1. The molecule has 1 aromatic carbocycles. The van der Waals surface area contributed by atoms with Gasteiger partial charge in [-0.3, -0.25) is 19.8 Å². The number of para-hydroxylation sites is 2. The Morgan fingerprint density at radius 2 is 2.04 bits per heavy atom. The summed E-state index contributed by atoms with van der Waals surface area (Å²) in [6.45, 7) is 8.60. The lowest BCUT2D eigenvalue weighted by Gasteiger charge is -2.38. The molecule has 1 atom stereocenters. The zero-order valence-electron chi connectivity index (χ0n) is 13.3. The van der Waals surface area contributed by atoms with Crippen LogP contribution in [-0.2, 0) is 4.79 Å². The summed E-state index contributed by atoms with van der Waals surface area (Å²) in [6.07, 6.45) is 1.65. The Labute approximate surface area is 135 Å². The highest BCUT2D eigenvalue weighted by Gasteiger charge is 2.27. The molecule has 0 aromatic heterocycles. The van der Waals surface area contributed by atoms with E-state index in [0.29, 0.717) is 38.4 Å². The molecule has 1 N–H and O–H groups in total. The highest BCUT2D eigenvalue weighted by Crippen LogP contribution is 2.28. The fourth-order valence-electron chi connectivity index (χ4n) is 2.72.